The fourth-order valence-electron chi connectivity index (χ4n) is 18.2. The van der Waals surface area contributed by atoms with Crippen LogP contribution >= 0.6 is 55.9 Å². The van der Waals surface area contributed by atoms with Crippen molar-refractivity contribution in [2.45, 2.75) is 319 Å². The number of amides is 7. The van der Waals surface area contributed by atoms with Crippen molar-refractivity contribution in [1.29, 1.82) is 0 Å². The normalized spacial score (nSPS) is 27.5. The van der Waals surface area contributed by atoms with Crippen LogP contribution in [0.15, 0.2) is 89.5 Å². The molecule has 10 rings (SSSR count). The molecule has 0 spiro atoms. The molecule has 0 radical (unpaired) electrons. The number of esters is 1. The number of fused-ring (bicyclic) bond motifs is 2. The van der Waals surface area contributed by atoms with Crippen molar-refractivity contribution in [3.63, 3.8) is 0 Å². The molecule has 36 nitrogen and oxygen atoms in total. The number of primary amides is 1. The SMILES string of the molecule is COC(=O)CC1=C2/C(=C/CSSC(C)(C)CCC(=O)CCCNC(=O)OCc3ccc(NC(=O)[C@H](CCCNC(N)=O)CC(=O)[C@H](Cc4ccccc4)NC(=O)CCCCCN4C(=O)CC(C(C)(C)C)C4=O)cc3)[C@](O)(C#C/C=C\C#C[C@@H]2OC2OC(C)C(NOC3CC(O)C(SC(=O)c4c(C)c(I)c(OC5OC(C)C(O)C(OC)C5O)c(C)c4OC)C(C)O3)C(O)C2OC2CC(C)C(CC(C)=O)CO2)CC1=O. The van der Waals surface area contributed by atoms with Gasteiger partial charge in [0.05, 0.1) is 90.5 Å². The number of unbranched alkanes of at least 4 members (excludes halogenated alkanes) is 2. The highest BCUT2D eigenvalue weighted by atomic mass is 127. The Bertz CT molecular complexity index is 5220. The molecular weight excluding hydrogens is 2020 g/mol. The van der Waals surface area contributed by atoms with E-state index >= 15 is 0 Å². The Labute approximate surface area is 861 Å². The number of imide groups is 1. The summed E-state index contributed by atoms with van der Waals surface area (Å²) < 4.78 is 66.9. The summed E-state index contributed by atoms with van der Waals surface area (Å²) in [5.74, 6) is 7.60. The van der Waals surface area contributed by atoms with Crippen molar-refractivity contribution in [2.75, 3.05) is 58.6 Å². The lowest BCUT2D eigenvalue weighted by atomic mass is 9.72. The summed E-state index contributed by atoms with van der Waals surface area (Å²) in [5, 5.41) is 68.9. The van der Waals surface area contributed by atoms with Crippen LogP contribution in [0.3, 0.4) is 0 Å². The first kappa shape index (κ1) is 116. The van der Waals surface area contributed by atoms with E-state index in [1.165, 1.54) is 59.8 Å². The number of nitrogens with one attached hydrogen (secondary N) is 5. The van der Waals surface area contributed by atoms with Gasteiger partial charge in [-0.3, -0.25) is 52.9 Å². The van der Waals surface area contributed by atoms with E-state index in [-0.39, 0.29) is 195 Å². The number of hydroxylamine groups is 1. The maximum atomic E-state index is 14.7. The van der Waals surface area contributed by atoms with E-state index < -0.39 is 168 Å². The number of methoxy groups -OCH3 is 3. The minimum atomic E-state index is -2.19. The van der Waals surface area contributed by atoms with Gasteiger partial charge < -0.3 is 109 Å². The zero-order valence-electron chi connectivity index (χ0n) is 83.7. The Morgan fingerprint density at radius 3 is 2.15 bits per heavy atom. The number of nitrogens with two attached hydrogens (primary N) is 1. The molecule has 5 heterocycles. The summed E-state index contributed by atoms with van der Waals surface area (Å²) >= 11 is 2.88. The number of urea groups is 1. The topological polar surface area (TPSA) is 506 Å². The molecule has 12 N–H and O–H groups in total. The first-order valence-corrected chi connectivity index (χ1v) is 52.7. The number of allylic oxidation sites excluding steroid dienone is 2. The summed E-state index contributed by atoms with van der Waals surface area (Å²) in [7, 11) is 6.77. The summed E-state index contributed by atoms with van der Waals surface area (Å²) in [6.45, 7) is 22.0. The van der Waals surface area contributed by atoms with Gasteiger partial charge >= 0.3 is 18.1 Å². The Morgan fingerprint density at radius 1 is 0.769 bits per heavy atom. The van der Waals surface area contributed by atoms with Crippen molar-refractivity contribution < 1.29 is 140 Å². The number of benzene rings is 3. The molecule has 3 aromatic carbocycles. The fraction of sp³-hybridized carbons (Fsp3) is 0.612. The van der Waals surface area contributed by atoms with Crippen molar-refractivity contribution in [2.24, 2.45) is 34.8 Å². The second-order valence-corrected chi connectivity index (χ2v) is 44.3. The minimum Gasteiger partial charge on any atom is -0.496 e. The van der Waals surface area contributed by atoms with E-state index in [2.05, 4.69) is 50.4 Å². The van der Waals surface area contributed by atoms with Gasteiger partial charge in [0.15, 0.2) is 36.0 Å². The third-order valence-corrected chi connectivity index (χ3v) is 32.4. The number of ketones is 4. The third-order valence-electron chi connectivity index (χ3n) is 26.5. The van der Waals surface area contributed by atoms with Crippen LogP contribution in [0.25, 0.3) is 0 Å². The van der Waals surface area contributed by atoms with Gasteiger partial charge in [-0.15, -0.1) is 0 Å². The largest absolute Gasteiger partial charge is 0.496 e. The molecule has 0 aromatic heterocycles. The molecular formula is C103H138IN7O29S3. The highest BCUT2D eigenvalue weighted by molar-refractivity contribution is 14.1. The number of nitrogens with zero attached hydrogens (tertiary/aromatic N) is 1. The van der Waals surface area contributed by atoms with Gasteiger partial charge in [0.25, 0.3) is 0 Å². The molecule has 7 aliphatic rings. The summed E-state index contributed by atoms with van der Waals surface area (Å²) in [6, 6.07) is 12.8. The lowest BCUT2D eigenvalue weighted by molar-refractivity contribution is -0.335. The lowest BCUT2D eigenvalue weighted by Crippen LogP contribution is -2.64. The maximum absolute atomic E-state index is 14.7. The average Bonchev–Trinajstić information content (AvgIpc) is 1.72. The quantitative estimate of drug-likeness (QED) is 0.00476. The number of halogens is 1. The Hall–Kier alpha value is -8.74. The molecule has 40 heteroatoms. The predicted molar refractivity (Wildman–Crippen MR) is 541 cm³/mol. The van der Waals surface area contributed by atoms with Gasteiger partial charge in [-0.2, -0.15) is 5.48 Å². The number of hydrogen-bond acceptors (Lipinski definition) is 33. The number of aliphatic hydroxyl groups excluding tert-OH is 4. The molecule has 143 heavy (non-hydrogen) atoms. The highest BCUT2D eigenvalue weighted by Crippen LogP contribution is 2.48. The van der Waals surface area contributed by atoms with Crippen LogP contribution in [0.4, 0.5) is 15.3 Å². The first-order chi connectivity index (χ1) is 67.8. The number of likely N-dealkylation sites (tertiary alicyclic amines) is 1. The van der Waals surface area contributed by atoms with E-state index in [1.807, 2.05) is 94.5 Å². The average molecular weight is 2160 g/mol. The first-order valence-electron chi connectivity index (χ1n) is 48.4. The third kappa shape index (κ3) is 32.6. The maximum Gasteiger partial charge on any atom is 0.407 e. The summed E-state index contributed by atoms with van der Waals surface area (Å²) in [5.41, 5.74) is 8.52. The number of ether oxygens (including phenoxy) is 11. The molecule has 3 aromatic rings. The van der Waals surface area contributed by atoms with E-state index in [0.717, 1.165) is 24.4 Å². The van der Waals surface area contributed by atoms with Crippen molar-refractivity contribution in [3.05, 3.63) is 121 Å². The smallest absolute Gasteiger partial charge is 0.407 e. The molecule has 2 aliphatic carbocycles. The van der Waals surface area contributed by atoms with Crippen LogP contribution in [-0.4, -0.2) is 268 Å². The molecule has 7 amide bonds. The van der Waals surface area contributed by atoms with E-state index in [1.54, 1.807) is 65.0 Å². The van der Waals surface area contributed by atoms with E-state index in [9.17, 15) is 83.1 Å². The molecule has 2 bridgehead atoms. The summed E-state index contributed by atoms with van der Waals surface area (Å²) in [6.07, 6.45) is -10.8. The standard InChI is InChI=1S/C103H138IN7O29S3/c1-56-46-80(132-55-66(56)47-57(2)112)138-92-87(121)85(110-140-81-52-74(115)93(62(7)134-81)142-96(125)82-58(3)84(104)90(59(4)89(82)130-14)139-97-88(122)91(131-15)86(120)61(6)136-97)60(5)135-98(92)137-76-32-22-16-17-24-40-103(128)53-75(116)69(50-79(119)129-13)83(76)70(103)39-45-141-143-102(11,12)41-38-68(113)31-27-43-107-100(127)133-54-64-34-36-67(37-35-64)108-94(123)65(30-26-42-106-99(105)126)49-73(114)72(48-63-28-20-18-21-29-63)109-77(117)33-23-19-25-44-111-78(118)51-71(95(111)124)101(8,9)10/h16-18,20-21,28-29,34-37,39,56,60-62,65-66,71-72,74,76,80-81,85-88,91-93,97-98,110,115,120-122,128H,19,23,25-27,30-31,33,38,41-55H2,1-15H3,(H,107,127)(H,108,123)(H,109,117)(H3,105,106,126)/b17-16-,70-39-/t56?,60?,61?,62?,65-,66?,71?,72+,74?,76+,80?,81?,85?,86?,87?,88?,91?,92?,93?,97?,98?,103+/m1/s1. The van der Waals surface area contributed by atoms with Crippen molar-refractivity contribution in [1.82, 2.24) is 26.3 Å². The van der Waals surface area contributed by atoms with Gasteiger partial charge in [-0.25, -0.2) is 9.59 Å². The van der Waals surface area contributed by atoms with E-state index in [0.29, 0.717) is 64.5 Å². The number of thioether (sulfide) groups is 1. The molecule has 22 atom stereocenters. The molecule has 784 valence electrons. The minimum absolute atomic E-state index is 0.0121. The summed E-state index contributed by atoms with van der Waals surface area (Å²) in [4.78, 5) is 168. The lowest BCUT2D eigenvalue weighted by Gasteiger charge is -2.46. The number of rotatable bonds is 48. The Kier molecular flexibility index (Phi) is 44.1. The zero-order chi connectivity index (χ0) is 104. The van der Waals surface area contributed by atoms with Gasteiger partial charge in [-0.05, 0) is 181 Å². The number of anilines is 1. The highest BCUT2D eigenvalue weighted by Gasteiger charge is 2.53. The molecule has 5 saturated heterocycles. The Morgan fingerprint density at radius 2 is 1.48 bits per heavy atom. The van der Waals surface area contributed by atoms with Gasteiger partial charge in [0, 0.05) is 122 Å². The van der Waals surface area contributed by atoms with Crippen LogP contribution in [0.5, 0.6) is 11.5 Å². The monoisotopic (exact) mass is 2160 g/mol. The number of aliphatic hydroxyl groups is 5. The van der Waals surface area contributed by atoms with E-state index in [4.69, 9.17) is 62.7 Å². The fourth-order valence-corrected chi connectivity index (χ4v) is 22.5. The number of hydrogen-bond donors (Lipinski definition) is 11. The second-order valence-electron chi connectivity index (χ2n) is 39.0. The number of Topliss-reactive ketones (excluding diaryl/α,β-unsaturated/α-hetero) is 4. The van der Waals surface area contributed by atoms with Gasteiger partial charge in [0.2, 0.25) is 35.0 Å². The predicted octanol–water partition coefficient (Wildman–Crippen LogP) is 10.2. The number of carbonyl (C=O) groups is 12. The number of alkyl carbamates (subject to hydrolysis) is 1. The molecule has 0 saturated carbocycles. The molecule has 5 aliphatic heterocycles. The van der Waals surface area contributed by atoms with Crippen molar-refractivity contribution >= 4 is 132 Å². The Balaban J connectivity index is 0.724. The molecule has 18 unspecified atom stereocenters. The van der Waals surface area contributed by atoms with Crippen LogP contribution in [-0.2, 0) is 104 Å². The van der Waals surface area contributed by atoms with Crippen LogP contribution in [0.1, 0.15) is 211 Å². The van der Waals surface area contributed by atoms with Gasteiger partial charge in [0.1, 0.15) is 66.3 Å². The second kappa shape index (κ2) is 54.3. The van der Waals surface area contributed by atoms with Crippen LogP contribution in [0.2, 0.25) is 0 Å². The van der Waals surface area contributed by atoms with Gasteiger partial charge in [-0.1, -0.05) is 140 Å². The number of carbonyl (C=O) groups excluding carboxylic acids is 12. The van der Waals surface area contributed by atoms with Crippen molar-refractivity contribution in [3.8, 4) is 35.2 Å². The molecule has 5 fully saturated rings. The van der Waals surface area contributed by atoms with Crippen LogP contribution in [0, 0.1) is 70.2 Å². The van der Waals surface area contributed by atoms with Crippen LogP contribution < -0.4 is 42.0 Å². The zero-order valence-corrected chi connectivity index (χ0v) is 88.3.